The Labute approximate surface area is 123 Å². The van der Waals surface area contributed by atoms with Gasteiger partial charge in [0, 0.05) is 12.8 Å². The van der Waals surface area contributed by atoms with Crippen LogP contribution in [-0.2, 0) is 30.9 Å². The molecule has 118 valence electrons. The lowest BCUT2D eigenvalue weighted by molar-refractivity contribution is -0.136. The number of anilines is 1. The molecule has 1 rings (SSSR count). The number of sulfonamides is 1. The highest BCUT2D eigenvalue weighted by atomic mass is 32.2. The van der Waals surface area contributed by atoms with Crippen molar-refractivity contribution in [3.05, 3.63) is 29.8 Å². The van der Waals surface area contributed by atoms with E-state index in [0.717, 1.165) is 12.5 Å². The Morgan fingerprint density at radius 3 is 2.71 bits per heavy atom. The third-order valence-electron chi connectivity index (χ3n) is 2.70. The van der Waals surface area contributed by atoms with Gasteiger partial charge in [-0.1, -0.05) is 12.1 Å². The summed E-state index contributed by atoms with van der Waals surface area (Å²) >= 11 is 0. The molecule has 0 amide bonds. The minimum absolute atomic E-state index is 0.302. The molecule has 0 fully saturated rings. The zero-order chi connectivity index (χ0) is 15.9. The number of benzene rings is 1. The van der Waals surface area contributed by atoms with Crippen LogP contribution in [0, 0.1) is 0 Å². The SMILES string of the molecule is COCCOCc1cccc(NS(=O)(=O)C(C)C(=O)O)c1. The molecule has 1 atom stereocenters. The van der Waals surface area contributed by atoms with E-state index in [1.807, 2.05) is 0 Å². The van der Waals surface area contributed by atoms with Crippen LogP contribution in [0.15, 0.2) is 24.3 Å². The largest absolute Gasteiger partial charge is 0.480 e. The fourth-order valence-corrected chi connectivity index (χ4v) is 2.34. The van der Waals surface area contributed by atoms with Crippen LogP contribution < -0.4 is 4.72 Å². The van der Waals surface area contributed by atoms with E-state index in [1.165, 1.54) is 0 Å². The molecule has 0 radical (unpaired) electrons. The van der Waals surface area contributed by atoms with Gasteiger partial charge in [0.15, 0.2) is 5.25 Å². The normalized spacial score (nSPS) is 12.9. The van der Waals surface area contributed by atoms with E-state index in [4.69, 9.17) is 14.6 Å². The van der Waals surface area contributed by atoms with E-state index in [2.05, 4.69) is 4.72 Å². The monoisotopic (exact) mass is 317 g/mol. The van der Waals surface area contributed by atoms with Crippen molar-refractivity contribution in [3.63, 3.8) is 0 Å². The first-order valence-electron chi connectivity index (χ1n) is 6.27. The maximum Gasteiger partial charge on any atom is 0.323 e. The smallest absolute Gasteiger partial charge is 0.323 e. The van der Waals surface area contributed by atoms with Crippen molar-refractivity contribution in [2.24, 2.45) is 0 Å². The van der Waals surface area contributed by atoms with Crippen molar-refractivity contribution >= 4 is 21.7 Å². The maximum absolute atomic E-state index is 11.8. The molecule has 0 aliphatic carbocycles. The van der Waals surface area contributed by atoms with Gasteiger partial charge < -0.3 is 14.6 Å². The molecule has 1 aromatic rings. The molecule has 0 aliphatic heterocycles. The molecule has 8 heteroatoms. The Bertz CT molecular complexity index is 572. The zero-order valence-electron chi connectivity index (χ0n) is 11.9. The Morgan fingerprint density at radius 1 is 1.38 bits per heavy atom. The summed E-state index contributed by atoms with van der Waals surface area (Å²) in [6, 6.07) is 6.59. The number of carboxylic acids is 1. The molecule has 0 saturated carbocycles. The third-order valence-corrected chi connectivity index (χ3v) is 4.35. The molecular weight excluding hydrogens is 298 g/mol. The second-order valence-corrected chi connectivity index (χ2v) is 6.37. The van der Waals surface area contributed by atoms with Crippen molar-refractivity contribution in [3.8, 4) is 0 Å². The van der Waals surface area contributed by atoms with Gasteiger partial charge in [0.1, 0.15) is 0 Å². The highest BCUT2D eigenvalue weighted by molar-refractivity contribution is 7.94. The van der Waals surface area contributed by atoms with Crippen molar-refractivity contribution in [1.29, 1.82) is 0 Å². The van der Waals surface area contributed by atoms with Crippen LogP contribution >= 0.6 is 0 Å². The highest BCUT2D eigenvalue weighted by Gasteiger charge is 2.27. The second-order valence-electron chi connectivity index (χ2n) is 4.37. The molecular formula is C13H19NO6S. The van der Waals surface area contributed by atoms with Crippen LogP contribution in [0.3, 0.4) is 0 Å². The summed E-state index contributed by atoms with van der Waals surface area (Å²) in [5, 5.41) is 7.24. The molecule has 1 unspecified atom stereocenters. The molecule has 0 saturated heterocycles. The Morgan fingerprint density at radius 2 is 2.10 bits per heavy atom. The van der Waals surface area contributed by atoms with Gasteiger partial charge in [0.25, 0.3) is 0 Å². The summed E-state index contributed by atoms with van der Waals surface area (Å²) in [4.78, 5) is 10.8. The number of ether oxygens (including phenoxy) is 2. The van der Waals surface area contributed by atoms with E-state index in [9.17, 15) is 13.2 Å². The predicted molar refractivity (Wildman–Crippen MR) is 77.6 cm³/mol. The fourth-order valence-electron chi connectivity index (χ4n) is 1.44. The average Bonchev–Trinajstić information content (AvgIpc) is 2.42. The Hall–Kier alpha value is -1.64. The van der Waals surface area contributed by atoms with E-state index in [0.29, 0.717) is 25.5 Å². The van der Waals surface area contributed by atoms with Crippen LogP contribution in [-0.4, -0.2) is 45.1 Å². The predicted octanol–water partition coefficient (Wildman–Crippen LogP) is 1.06. The lowest BCUT2D eigenvalue weighted by atomic mass is 10.2. The molecule has 0 heterocycles. The number of rotatable bonds is 9. The summed E-state index contributed by atoms with van der Waals surface area (Å²) in [5.41, 5.74) is 1.07. The molecule has 1 aromatic carbocycles. The number of hydrogen-bond acceptors (Lipinski definition) is 5. The third kappa shape index (κ3) is 5.70. The summed E-state index contributed by atoms with van der Waals surface area (Å²) in [5.74, 6) is -1.40. The molecule has 0 aromatic heterocycles. The highest BCUT2D eigenvalue weighted by Crippen LogP contribution is 2.15. The first kappa shape index (κ1) is 17.4. The van der Waals surface area contributed by atoms with Gasteiger partial charge in [0.2, 0.25) is 10.0 Å². The Kier molecular flexibility index (Phi) is 6.60. The summed E-state index contributed by atoms with van der Waals surface area (Å²) < 4.78 is 36.1. The zero-order valence-corrected chi connectivity index (χ0v) is 12.7. The first-order chi connectivity index (χ1) is 9.86. The average molecular weight is 317 g/mol. The van der Waals surface area contributed by atoms with Crippen LogP contribution in [0.1, 0.15) is 12.5 Å². The van der Waals surface area contributed by atoms with Crippen molar-refractivity contribution < 1.29 is 27.8 Å². The van der Waals surface area contributed by atoms with Crippen LogP contribution in [0.2, 0.25) is 0 Å². The molecule has 21 heavy (non-hydrogen) atoms. The lowest BCUT2D eigenvalue weighted by Crippen LogP contribution is -2.32. The molecule has 0 spiro atoms. The first-order valence-corrected chi connectivity index (χ1v) is 7.81. The van der Waals surface area contributed by atoms with Gasteiger partial charge in [-0.25, -0.2) is 8.42 Å². The van der Waals surface area contributed by atoms with Crippen LogP contribution in [0.25, 0.3) is 0 Å². The fraction of sp³-hybridized carbons (Fsp3) is 0.462. The summed E-state index contributed by atoms with van der Waals surface area (Å²) in [6.45, 7) is 2.33. The topological polar surface area (TPSA) is 102 Å². The summed E-state index contributed by atoms with van der Waals surface area (Å²) in [6.07, 6.45) is 0. The second kappa shape index (κ2) is 7.96. The van der Waals surface area contributed by atoms with Crippen LogP contribution in [0.5, 0.6) is 0 Å². The molecule has 0 aliphatic rings. The van der Waals surface area contributed by atoms with Crippen LogP contribution in [0.4, 0.5) is 5.69 Å². The van der Waals surface area contributed by atoms with E-state index < -0.39 is 21.2 Å². The lowest BCUT2D eigenvalue weighted by Gasteiger charge is -2.12. The molecule has 7 nitrogen and oxygen atoms in total. The maximum atomic E-state index is 11.8. The van der Waals surface area contributed by atoms with E-state index in [-0.39, 0.29) is 0 Å². The van der Waals surface area contributed by atoms with Gasteiger partial charge in [-0.2, -0.15) is 0 Å². The van der Waals surface area contributed by atoms with Crippen molar-refractivity contribution in [2.45, 2.75) is 18.8 Å². The van der Waals surface area contributed by atoms with Gasteiger partial charge >= 0.3 is 5.97 Å². The minimum atomic E-state index is -3.97. The molecule has 0 bridgehead atoms. The number of methoxy groups -OCH3 is 1. The van der Waals surface area contributed by atoms with Gasteiger partial charge in [0.05, 0.1) is 19.8 Å². The van der Waals surface area contributed by atoms with Crippen molar-refractivity contribution in [2.75, 3.05) is 25.0 Å². The molecule has 2 N–H and O–H groups in total. The minimum Gasteiger partial charge on any atom is -0.480 e. The van der Waals surface area contributed by atoms with Gasteiger partial charge in [-0.15, -0.1) is 0 Å². The number of carboxylic acid groups (broad SMARTS) is 1. The number of nitrogens with one attached hydrogen (secondary N) is 1. The Balaban J connectivity index is 2.70. The number of carbonyl (C=O) groups is 1. The van der Waals surface area contributed by atoms with E-state index >= 15 is 0 Å². The summed E-state index contributed by atoms with van der Waals surface area (Å²) in [7, 11) is -2.40. The van der Waals surface area contributed by atoms with E-state index in [1.54, 1.807) is 31.4 Å². The number of aliphatic carboxylic acids is 1. The van der Waals surface area contributed by atoms with Crippen molar-refractivity contribution in [1.82, 2.24) is 0 Å². The van der Waals surface area contributed by atoms with Gasteiger partial charge in [-0.05, 0) is 24.6 Å². The standard InChI is InChI=1S/C13H19NO6S/c1-10(13(15)16)21(17,18)14-12-5-3-4-11(8-12)9-20-7-6-19-2/h3-5,8,10,14H,6-7,9H2,1-2H3,(H,15,16). The number of hydrogen-bond donors (Lipinski definition) is 2. The van der Waals surface area contributed by atoms with Gasteiger partial charge in [-0.3, -0.25) is 9.52 Å². The quantitative estimate of drug-likeness (QED) is 0.660.